The number of aryl methyl sites for hydroxylation is 2. The molecular weight excluding hydrogens is 382 g/mol. The van der Waals surface area contributed by atoms with E-state index in [4.69, 9.17) is 9.26 Å². The van der Waals surface area contributed by atoms with Crippen LogP contribution in [0.25, 0.3) is 0 Å². The number of amidine groups is 1. The van der Waals surface area contributed by atoms with Crippen LogP contribution in [-0.2, 0) is 26.2 Å². The molecule has 2 aromatic rings. The van der Waals surface area contributed by atoms with Gasteiger partial charge in [0.05, 0.1) is 16.2 Å². The highest BCUT2D eigenvalue weighted by Gasteiger charge is 2.32. The van der Waals surface area contributed by atoms with Crippen molar-refractivity contribution in [1.82, 2.24) is 9.88 Å². The summed E-state index contributed by atoms with van der Waals surface area (Å²) in [5, 5.41) is 3.84. The van der Waals surface area contributed by atoms with E-state index in [1.807, 2.05) is 13.8 Å². The van der Waals surface area contributed by atoms with Gasteiger partial charge in [0, 0.05) is 5.56 Å². The smallest absolute Gasteiger partial charge is 0.331 e. The van der Waals surface area contributed by atoms with Crippen molar-refractivity contribution in [2.75, 3.05) is 0 Å². The first-order valence-electron chi connectivity index (χ1n) is 8.97. The molecule has 28 heavy (non-hydrogen) atoms. The number of carbonyl (C=O) groups excluding carboxylic acids is 1. The van der Waals surface area contributed by atoms with Crippen molar-refractivity contribution < 1.29 is 22.5 Å². The molecule has 1 N–H and O–H groups in total. The Bertz CT molecular complexity index is 1000. The molecular formula is C19H23N3O5S. The molecule has 0 amide bonds. The molecule has 0 spiro atoms. The van der Waals surface area contributed by atoms with Gasteiger partial charge in [0.15, 0.2) is 0 Å². The minimum absolute atomic E-state index is 0.0295. The summed E-state index contributed by atoms with van der Waals surface area (Å²) in [5.74, 6) is 0.393. The highest BCUT2D eigenvalue weighted by Crippen LogP contribution is 2.24. The van der Waals surface area contributed by atoms with Gasteiger partial charge in [0.25, 0.3) is 10.0 Å². The Kier molecular flexibility index (Phi) is 5.55. The van der Waals surface area contributed by atoms with Gasteiger partial charge in [-0.3, -0.25) is 9.71 Å². The van der Waals surface area contributed by atoms with E-state index >= 15 is 0 Å². The van der Waals surface area contributed by atoms with Gasteiger partial charge in [0.1, 0.15) is 24.2 Å². The number of hydrogen-bond acceptors (Lipinski definition) is 7. The number of benzene rings is 1. The maximum atomic E-state index is 12.7. The summed E-state index contributed by atoms with van der Waals surface area (Å²) in [5.41, 5.74) is 1.83. The summed E-state index contributed by atoms with van der Waals surface area (Å²) in [6, 6.07) is 5.71. The Hall–Kier alpha value is -2.68. The summed E-state index contributed by atoms with van der Waals surface area (Å²) in [6.45, 7) is 7.47. The fraction of sp³-hybridized carbons (Fsp3) is 0.421. The van der Waals surface area contributed by atoms with Crippen LogP contribution in [0, 0.1) is 19.8 Å². The maximum absolute atomic E-state index is 12.7. The number of carbonyl (C=O) groups is 1. The van der Waals surface area contributed by atoms with Crippen molar-refractivity contribution in [3.8, 4) is 0 Å². The number of nitrogens with zero attached hydrogens (tertiary/aromatic N) is 2. The number of aliphatic imine (C=N–C) groups is 1. The molecule has 1 aromatic carbocycles. The van der Waals surface area contributed by atoms with Crippen molar-refractivity contribution in [2.24, 2.45) is 10.9 Å². The Balaban J connectivity index is 1.85. The number of hydrogen-bond donors (Lipinski definition) is 1. The van der Waals surface area contributed by atoms with Crippen LogP contribution in [0.4, 0.5) is 0 Å². The Morgan fingerprint density at radius 2 is 2.00 bits per heavy atom. The molecule has 1 aliphatic heterocycles. The second kappa shape index (κ2) is 7.75. The van der Waals surface area contributed by atoms with E-state index in [2.05, 4.69) is 14.9 Å². The third kappa shape index (κ3) is 4.09. The third-order valence-corrected chi connectivity index (χ3v) is 5.85. The molecule has 0 fully saturated rings. The van der Waals surface area contributed by atoms with Crippen molar-refractivity contribution >= 4 is 21.8 Å². The van der Waals surface area contributed by atoms with Gasteiger partial charge in [0.2, 0.25) is 0 Å². The van der Waals surface area contributed by atoms with Crippen LogP contribution in [-0.4, -0.2) is 31.4 Å². The van der Waals surface area contributed by atoms with E-state index in [9.17, 15) is 13.2 Å². The van der Waals surface area contributed by atoms with Crippen LogP contribution in [0.2, 0.25) is 0 Å². The first kappa shape index (κ1) is 20.1. The largest absolute Gasteiger partial charge is 0.459 e. The predicted molar refractivity (Wildman–Crippen MR) is 102 cm³/mol. The normalized spacial score (nSPS) is 17.4. The molecule has 150 valence electrons. The molecule has 1 atom stereocenters. The minimum Gasteiger partial charge on any atom is -0.459 e. The average molecular weight is 405 g/mol. The number of fused-ring (bicyclic) bond motifs is 1. The number of aromatic nitrogens is 1. The van der Waals surface area contributed by atoms with Gasteiger partial charge in [-0.15, -0.1) is 0 Å². The molecule has 0 saturated heterocycles. The van der Waals surface area contributed by atoms with E-state index < -0.39 is 22.0 Å². The zero-order valence-electron chi connectivity index (χ0n) is 16.2. The third-order valence-electron chi connectivity index (χ3n) is 4.45. The summed E-state index contributed by atoms with van der Waals surface area (Å²) in [7, 11) is -3.67. The standard InChI is InChI=1S/C19H23N3O5S/c1-11(2)9-16(19(23)26-10-15-12(3)21-27-13(15)4)20-18-14-7-5-6-8-17(14)28(24,25)22-18/h5-8,11,16H,9-10H2,1-4H3,(H,20,22)/t16-/m0/s1. The van der Waals surface area contributed by atoms with Crippen LogP contribution in [0.3, 0.4) is 0 Å². The summed E-state index contributed by atoms with van der Waals surface area (Å²) in [4.78, 5) is 17.3. The van der Waals surface area contributed by atoms with Crippen LogP contribution in [0.15, 0.2) is 38.7 Å². The zero-order chi connectivity index (χ0) is 20.5. The molecule has 1 aliphatic rings. The quantitative estimate of drug-likeness (QED) is 0.739. The highest BCUT2D eigenvalue weighted by atomic mass is 32.2. The molecule has 0 aliphatic carbocycles. The van der Waals surface area contributed by atoms with Crippen LogP contribution >= 0.6 is 0 Å². The van der Waals surface area contributed by atoms with E-state index in [0.717, 1.165) is 5.56 Å². The molecule has 2 heterocycles. The van der Waals surface area contributed by atoms with E-state index in [1.165, 1.54) is 6.07 Å². The molecule has 3 rings (SSSR count). The highest BCUT2D eigenvalue weighted by molar-refractivity contribution is 7.90. The van der Waals surface area contributed by atoms with Crippen molar-refractivity contribution in [2.45, 2.75) is 51.7 Å². The predicted octanol–water partition coefficient (Wildman–Crippen LogP) is 2.49. The second-order valence-corrected chi connectivity index (χ2v) is 8.79. The topological polar surface area (TPSA) is 111 Å². The van der Waals surface area contributed by atoms with Gasteiger partial charge in [-0.2, -0.15) is 0 Å². The van der Waals surface area contributed by atoms with Crippen molar-refractivity contribution in [3.05, 3.63) is 46.8 Å². The fourth-order valence-corrected chi connectivity index (χ4v) is 4.22. The van der Waals surface area contributed by atoms with Crippen LogP contribution in [0.1, 0.15) is 42.8 Å². The lowest BCUT2D eigenvalue weighted by Crippen LogP contribution is -2.29. The maximum Gasteiger partial charge on any atom is 0.331 e. The lowest BCUT2D eigenvalue weighted by Gasteiger charge is -2.15. The van der Waals surface area contributed by atoms with Gasteiger partial charge in [-0.05, 0) is 38.3 Å². The lowest BCUT2D eigenvalue weighted by molar-refractivity contribution is -0.146. The van der Waals surface area contributed by atoms with Crippen LogP contribution < -0.4 is 4.72 Å². The Morgan fingerprint density at radius 3 is 2.64 bits per heavy atom. The molecule has 0 unspecified atom stereocenters. The molecule has 9 heteroatoms. The minimum atomic E-state index is -3.67. The van der Waals surface area contributed by atoms with Gasteiger partial charge < -0.3 is 9.26 Å². The van der Waals surface area contributed by atoms with E-state index in [0.29, 0.717) is 23.4 Å². The summed E-state index contributed by atoms with van der Waals surface area (Å²) in [6.07, 6.45) is 0.424. The number of sulfonamides is 1. The van der Waals surface area contributed by atoms with Gasteiger partial charge in [-0.25, -0.2) is 13.2 Å². The van der Waals surface area contributed by atoms with Gasteiger partial charge in [-0.1, -0.05) is 31.1 Å². The van der Waals surface area contributed by atoms with Crippen LogP contribution in [0.5, 0.6) is 0 Å². The second-order valence-electron chi connectivity index (χ2n) is 7.14. The Labute approximate surface area is 164 Å². The summed E-state index contributed by atoms with van der Waals surface area (Å²) >= 11 is 0. The fourth-order valence-electron chi connectivity index (χ4n) is 2.98. The molecule has 0 radical (unpaired) electrons. The van der Waals surface area contributed by atoms with Crippen molar-refractivity contribution in [1.29, 1.82) is 0 Å². The number of rotatable bonds is 6. The van der Waals surface area contributed by atoms with Crippen molar-refractivity contribution in [3.63, 3.8) is 0 Å². The summed E-state index contributed by atoms with van der Waals surface area (Å²) < 4.78 is 37.5. The average Bonchev–Trinajstić information content (AvgIpc) is 3.08. The Morgan fingerprint density at radius 1 is 1.29 bits per heavy atom. The molecule has 8 nitrogen and oxygen atoms in total. The van der Waals surface area contributed by atoms with Gasteiger partial charge >= 0.3 is 5.97 Å². The van der Waals surface area contributed by atoms with E-state index in [-0.39, 0.29) is 23.3 Å². The molecule has 0 saturated carbocycles. The first-order chi connectivity index (χ1) is 13.2. The van der Waals surface area contributed by atoms with E-state index in [1.54, 1.807) is 32.0 Å². The monoisotopic (exact) mass is 405 g/mol. The zero-order valence-corrected chi connectivity index (χ0v) is 17.0. The first-order valence-corrected chi connectivity index (χ1v) is 10.5. The molecule has 1 aromatic heterocycles. The SMILES string of the molecule is Cc1noc(C)c1COC(=O)[C@H](CC(C)C)N=C1NS(=O)(=O)c2ccccc21. The lowest BCUT2D eigenvalue weighted by atomic mass is 10.0. The number of nitrogens with one attached hydrogen (secondary N) is 1. The number of esters is 1. The molecule has 0 bridgehead atoms. The number of ether oxygens (including phenoxy) is 1.